The molecule has 1 fully saturated rings. The van der Waals surface area contributed by atoms with Crippen molar-refractivity contribution in [3.05, 3.63) is 22.7 Å². The molecule has 1 aliphatic heterocycles. The molecule has 41 heavy (non-hydrogen) atoms. The topological polar surface area (TPSA) is 166 Å². The molecule has 0 aliphatic carbocycles. The summed E-state index contributed by atoms with van der Waals surface area (Å²) >= 11 is 0. The number of rotatable bonds is 14. The normalized spacial score (nSPS) is 20.7. The standard InChI is InChI=1S/C24H31F5N4O8/c1-3-4-5-7-14(13(2)34)30-17(35)8-6-9-18(36)40-12-15-19(37)23(25,26)21(41-15)33-11-10-16(32-22(33)39)31-20(38)24(27,28)29/h10-11,14-15,19,21,37H,3-9,12H2,1-2H3,(H,30,35)(H,31,32,38,39)/t14?,15-,19+,21-/m1/s1. The summed E-state index contributed by atoms with van der Waals surface area (Å²) in [6.45, 7) is 2.52. The van der Waals surface area contributed by atoms with Crippen LogP contribution < -0.4 is 16.3 Å². The van der Waals surface area contributed by atoms with Gasteiger partial charge in [-0.1, -0.05) is 26.2 Å². The molecule has 2 rings (SSSR count). The summed E-state index contributed by atoms with van der Waals surface area (Å²) in [5, 5.41) is 13.9. The monoisotopic (exact) mass is 598 g/mol. The van der Waals surface area contributed by atoms with E-state index < -0.39 is 72.5 Å². The number of ketones is 1. The molecular formula is C24H31F5N4O8. The molecular weight excluding hydrogens is 567 g/mol. The number of nitrogens with zero attached hydrogens (tertiary/aromatic N) is 2. The average Bonchev–Trinajstić information content (AvgIpc) is 3.09. The Bertz CT molecular complexity index is 1160. The molecule has 12 nitrogen and oxygen atoms in total. The lowest BCUT2D eigenvalue weighted by Gasteiger charge is -2.21. The highest BCUT2D eigenvalue weighted by Gasteiger charge is 2.60. The van der Waals surface area contributed by atoms with Gasteiger partial charge in [0.2, 0.25) is 12.1 Å². The number of hydrogen-bond donors (Lipinski definition) is 3. The molecule has 1 saturated heterocycles. The molecule has 0 bridgehead atoms. The van der Waals surface area contributed by atoms with Crippen LogP contribution in [0.5, 0.6) is 0 Å². The minimum absolute atomic E-state index is 0.0232. The van der Waals surface area contributed by atoms with Gasteiger partial charge in [0.1, 0.15) is 18.5 Å². The molecule has 0 radical (unpaired) electrons. The summed E-state index contributed by atoms with van der Waals surface area (Å²) in [5.74, 6) is -8.94. The van der Waals surface area contributed by atoms with E-state index in [0.717, 1.165) is 19.3 Å². The molecule has 2 amide bonds. The van der Waals surface area contributed by atoms with Gasteiger partial charge < -0.3 is 25.2 Å². The molecule has 1 aromatic heterocycles. The summed E-state index contributed by atoms with van der Waals surface area (Å²) in [6.07, 6.45) is -8.75. The van der Waals surface area contributed by atoms with Crippen molar-refractivity contribution >= 4 is 29.4 Å². The van der Waals surface area contributed by atoms with E-state index in [2.05, 4.69) is 10.3 Å². The zero-order valence-corrected chi connectivity index (χ0v) is 22.2. The van der Waals surface area contributed by atoms with Gasteiger partial charge in [-0.05, 0) is 25.8 Å². The predicted octanol–water partition coefficient (Wildman–Crippen LogP) is 2.01. The van der Waals surface area contributed by atoms with Crippen LogP contribution in [0.1, 0.15) is 65.0 Å². The van der Waals surface area contributed by atoms with E-state index in [1.54, 1.807) is 0 Å². The molecule has 4 atom stereocenters. The quantitative estimate of drug-likeness (QED) is 0.165. The molecule has 3 N–H and O–H groups in total. The number of aliphatic hydroxyl groups excluding tert-OH is 1. The van der Waals surface area contributed by atoms with E-state index in [-0.39, 0.29) is 29.6 Å². The molecule has 0 aromatic carbocycles. The fourth-order valence-electron chi connectivity index (χ4n) is 3.84. The van der Waals surface area contributed by atoms with Gasteiger partial charge in [-0.2, -0.15) is 26.9 Å². The van der Waals surface area contributed by atoms with E-state index in [1.165, 1.54) is 12.2 Å². The molecule has 1 aromatic rings. The maximum absolute atomic E-state index is 14.7. The number of amides is 2. The van der Waals surface area contributed by atoms with Crippen molar-refractivity contribution in [2.24, 2.45) is 0 Å². The van der Waals surface area contributed by atoms with Gasteiger partial charge in [0.15, 0.2) is 11.9 Å². The molecule has 2 heterocycles. The summed E-state index contributed by atoms with van der Waals surface area (Å²) in [6, 6.07) is 0.0126. The fraction of sp³-hybridized carbons (Fsp3) is 0.667. The number of nitrogens with one attached hydrogen (secondary N) is 2. The summed E-state index contributed by atoms with van der Waals surface area (Å²) in [4.78, 5) is 62.1. The average molecular weight is 599 g/mol. The van der Waals surface area contributed by atoms with Gasteiger partial charge >= 0.3 is 29.7 Å². The number of carbonyl (C=O) groups excluding carboxylic acids is 4. The van der Waals surface area contributed by atoms with Crippen LogP contribution >= 0.6 is 0 Å². The number of Topliss-reactive ketones (excluding diaryl/α,β-unsaturated/α-hetero) is 1. The first kappa shape index (κ1) is 33.7. The Morgan fingerprint density at radius 2 is 1.88 bits per heavy atom. The number of alkyl halides is 5. The van der Waals surface area contributed by atoms with Crippen LogP contribution in [0.25, 0.3) is 0 Å². The van der Waals surface area contributed by atoms with Crippen LogP contribution in [0, 0.1) is 0 Å². The lowest BCUT2D eigenvalue weighted by atomic mass is 10.0. The first-order valence-electron chi connectivity index (χ1n) is 12.7. The Hall–Kier alpha value is -3.47. The third kappa shape index (κ3) is 9.55. The molecule has 1 unspecified atom stereocenters. The number of carbonyl (C=O) groups is 4. The highest BCUT2D eigenvalue weighted by molar-refractivity contribution is 5.94. The third-order valence-corrected chi connectivity index (χ3v) is 6.08. The van der Waals surface area contributed by atoms with E-state index in [4.69, 9.17) is 9.47 Å². The minimum Gasteiger partial charge on any atom is -0.463 e. The number of aliphatic hydroxyl groups is 1. The number of hydrogen-bond acceptors (Lipinski definition) is 9. The largest absolute Gasteiger partial charge is 0.471 e. The molecule has 17 heteroatoms. The molecule has 230 valence electrons. The molecule has 0 saturated carbocycles. The Morgan fingerprint density at radius 3 is 2.46 bits per heavy atom. The van der Waals surface area contributed by atoms with Crippen molar-refractivity contribution in [3.8, 4) is 0 Å². The second-order valence-electron chi connectivity index (χ2n) is 9.36. The molecule has 1 aliphatic rings. The fourth-order valence-corrected chi connectivity index (χ4v) is 3.84. The second-order valence-corrected chi connectivity index (χ2v) is 9.36. The lowest BCUT2D eigenvalue weighted by molar-refractivity contribution is -0.167. The van der Waals surface area contributed by atoms with Gasteiger partial charge in [0, 0.05) is 19.0 Å². The van der Waals surface area contributed by atoms with E-state index in [9.17, 15) is 51.0 Å². The van der Waals surface area contributed by atoms with Crippen LogP contribution in [-0.2, 0) is 28.7 Å². The number of halogens is 5. The van der Waals surface area contributed by atoms with Crippen molar-refractivity contribution in [1.82, 2.24) is 14.9 Å². The SMILES string of the molecule is CCCCCC(NC(=O)CCCC(=O)OC[C@H]1O[C@@H](n2ccc(NC(=O)C(F)(F)F)nc2=O)C(F)(F)[C@H]1O)C(C)=O. The summed E-state index contributed by atoms with van der Waals surface area (Å²) < 4.78 is 76.5. The second kappa shape index (κ2) is 14.4. The van der Waals surface area contributed by atoms with Crippen LogP contribution in [0.2, 0.25) is 0 Å². The minimum atomic E-state index is -5.29. The van der Waals surface area contributed by atoms with Gasteiger partial charge in [-0.25, -0.2) is 4.79 Å². The smallest absolute Gasteiger partial charge is 0.463 e. The first-order chi connectivity index (χ1) is 19.1. The maximum atomic E-state index is 14.7. The Balaban J connectivity index is 1.88. The van der Waals surface area contributed by atoms with Crippen molar-refractivity contribution < 1.29 is 55.7 Å². The van der Waals surface area contributed by atoms with Crippen LogP contribution in [0.15, 0.2) is 17.1 Å². The van der Waals surface area contributed by atoms with Crippen molar-refractivity contribution in [1.29, 1.82) is 0 Å². The number of anilines is 1. The molecule has 0 spiro atoms. The van der Waals surface area contributed by atoms with Gasteiger partial charge in [0.05, 0.1) is 6.04 Å². The van der Waals surface area contributed by atoms with E-state index in [0.29, 0.717) is 18.7 Å². The third-order valence-electron chi connectivity index (χ3n) is 6.08. The first-order valence-corrected chi connectivity index (χ1v) is 12.7. The van der Waals surface area contributed by atoms with E-state index >= 15 is 0 Å². The highest BCUT2D eigenvalue weighted by atomic mass is 19.4. The number of aromatic nitrogens is 2. The Kier molecular flexibility index (Phi) is 11.9. The van der Waals surface area contributed by atoms with Gasteiger partial charge in [-0.3, -0.25) is 23.7 Å². The van der Waals surface area contributed by atoms with Crippen LogP contribution in [0.4, 0.5) is 27.8 Å². The highest BCUT2D eigenvalue weighted by Crippen LogP contribution is 2.42. The van der Waals surface area contributed by atoms with Crippen molar-refractivity contribution in [2.45, 2.75) is 95.4 Å². The summed E-state index contributed by atoms with van der Waals surface area (Å²) in [7, 11) is 0. The number of esters is 1. The summed E-state index contributed by atoms with van der Waals surface area (Å²) in [5.41, 5.74) is -1.52. The number of ether oxygens (including phenoxy) is 2. The zero-order chi connectivity index (χ0) is 31.0. The Morgan fingerprint density at radius 1 is 1.20 bits per heavy atom. The van der Waals surface area contributed by atoms with Crippen LogP contribution in [0.3, 0.4) is 0 Å². The van der Waals surface area contributed by atoms with Crippen molar-refractivity contribution in [3.63, 3.8) is 0 Å². The van der Waals surface area contributed by atoms with Crippen LogP contribution in [-0.4, -0.2) is 75.2 Å². The predicted molar refractivity (Wildman–Crippen MR) is 130 cm³/mol. The maximum Gasteiger partial charge on any atom is 0.471 e. The van der Waals surface area contributed by atoms with Gasteiger partial charge in [0.25, 0.3) is 0 Å². The van der Waals surface area contributed by atoms with E-state index in [1.807, 2.05) is 6.92 Å². The number of unbranched alkanes of at least 4 members (excludes halogenated alkanes) is 2. The Labute approximate surface area is 230 Å². The van der Waals surface area contributed by atoms with Crippen molar-refractivity contribution in [2.75, 3.05) is 11.9 Å². The van der Waals surface area contributed by atoms with Gasteiger partial charge in [-0.15, -0.1) is 0 Å². The zero-order valence-electron chi connectivity index (χ0n) is 22.2. The lowest BCUT2D eigenvalue weighted by Crippen LogP contribution is -2.42.